The summed E-state index contributed by atoms with van der Waals surface area (Å²) in [5, 5.41) is 3.09. The third-order valence-corrected chi connectivity index (χ3v) is 1.25. The molecule has 0 aromatic carbocycles. The van der Waals surface area contributed by atoms with Gasteiger partial charge in [-0.1, -0.05) is 13.0 Å². The number of hydrogen-bond acceptors (Lipinski definition) is 1. The predicted octanol–water partition coefficient (Wildman–Crippen LogP) is 1.42. The largest absolute Gasteiger partial charge is 0.320 e. The fourth-order valence-corrected chi connectivity index (χ4v) is 0.490. The zero-order chi connectivity index (χ0) is 6.41. The normalized spacial score (nSPS) is 13.2. The first-order valence-electron chi connectivity index (χ1n) is 3.08. The highest BCUT2D eigenvalue weighted by atomic mass is 14.8. The van der Waals surface area contributed by atoms with Gasteiger partial charge in [-0.3, -0.25) is 0 Å². The van der Waals surface area contributed by atoms with Gasteiger partial charge in [0.1, 0.15) is 0 Å². The molecule has 0 aromatic rings. The lowest BCUT2D eigenvalue weighted by Gasteiger charge is -2.02. The van der Waals surface area contributed by atoms with Crippen molar-refractivity contribution in [2.45, 2.75) is 13.3 Å². The van der Waals surface area contributed by atoms with E-state index < -0.39 is 0 Å². The van der Waals surface area contributed by atoms with Gasteiger partial charge < -0.3 is 5.32 Å². The van der Waals surface area contributed by atoms with Crippen molar-refractivity contribution in [3.63, 3.8) is 0 Å². The second-order valence-corrected chi connectivity index (χ2v) is 2.11. The third-order valence-electron chi connectivity index (χ3n) is 1.25. The first kappa shape index (κ1) is 7.70. The summed E-state index contributed by atoms with van der Waals surface area (Å²) >= 11 is 0. The highest BCUT2D eigenvalue weighted by molar-refractivity contribution is 4.74. The minimum Gasteiger partial charge on any atom is -0.320 e. The summed E-state index contributed by atoms with van der Waals surface area (Å²) in [6, 6.07) is 0. The van der Waals surface area contributed by atoms with Crippen molar-refractivity contribution in [1.29, 1.82) is 0 Å². The van der Waals surface area contributed by atoms with Crippen LogP contribution in [0, 0.1) is 5.92 Å². The van der Waals surface area contributed by atoms with E-state index in [0.29, 0.717) is 5.92 Å². The van der Waals surface area contributed by atoms with Crippen molar-refractivity contribution in [3.8, 4) is 0 Å². The first-order valence-corrected chi connectivity index (χ1v) is 3.08. The van der Waals surface area contributed by atoms with E-state index in [2.05, 4.69) is 18.8 Å². The Morgan fingerprint density at radius 3 is 2.75 bits per heavy atom. The van der Waals surface area contributed by atoms with E-state index in [0.717, 1.165) is 6.54 Å². The van der Waals surface area contributed by atoms with Crippen LogP contribution >= 0.6 is 0 Å². The van der Waals surface area contributed by atoms with E-state index in [-0.39, 0.29) is 0 Å². The van der Waals surface area contributed by atoms with E-state index in [9.17, 15) is 0 Å². The van der Waals surface area contributed by atoms with E-state index in [1.54, 1.807) is 0 Å². The zero-order valence-electron chi connectivity index (χ0n) is 5.78. The second-order valence-electron chi connectivity index (χ2n) is 2.11. The van der Waals surface area contributed by atoms with Crippen LogP contribution in [0.3, 0.4) is 0 Å². The summed E-state index contributed by atoms with van der Waals surface area (Å²) in [6.45, 7) is 6.95. The van der Waals surface area contributed by atoms with E-state index in [1.807, 2.05) is 13.1 Å². The van der Waals surface area contributed by atoms with Crippen LogP contribution in [0.15, 0.2) is 12.7 Å². The molecule has 0 amide bonds. The van der Waals surface area contributed by atoms with Gasteiger partial charge in [0, 0.05) is 0 Å². The van der Waals surface area contributed by atoms with Crippen LogP contribution in [0.5, 0.6) is 0 Å². The van der Waals surface area contributed by atoms with Gasteiger partial charge in [-0.2, -0.15) is 0 Å². The van der Waals surface area contributed by atoms with Gasteiger partial charge in [-0.05, 0) is 25.9 Å². The van der Waals surface area contributed by atoms with Crippen LogP contribution < -0.4 is 5.32 Å². The average molecular weight is 113 g/mol. The van der Waals surface area contributed by atoms with Gasteiger partial charge in [0.15, 0.2) is 0 Å². The standard InChI is InChI=1S/C7H15N/c1-4-7(2)5-6-8-3/h4,7-8H,1,5-6H2,2-3H3. The van der Waals surface area contributed by atoms with Crippen LogP contribution in [0.2, 0.25) is 0 Å². The maximum atomic E-state index is 3.69. The van der Waals surface area contributed by atoms with E-state index >= 15 is 0 Å². The Bertz CT molecular complexity index is 59.4. The molecule has 0 aliphatic rings. The molecule has 1 unspecified atom stereocenters. The van der Waals surface area contributed by atoms with E-state index in [4.69, 9.17) is 0 Å². The van der Waals surface area contributed by atoms with Gasteiger partial charge in [-0.15, -0.1) is 6.58 Å². The molecule has 0 bridgehead atoms. The zero-order valence-corrected chi connectivity index (χ0v) is 5.78. The second kappa shape index (κ2) is 4.85. The van der Waals surface area contributed by atoms with Crippen molar-refractivity contribution in [2.24, 2.45) is 5.92 Å². The highest BCUT2D eigenvalue weighted by Crippen LogP contribution is 1.98. The first-order chi connectivity index (χ1) is 3.81. The summed E-state index contributed by atoms with van der Waals surface area (Å²) in [5.41, 5.74) is 0. The van der Waals surface area contributed by atoms with Gasteiger partial charge >= 0.3 is 0 Å². The third kappa shape index (κ3) is 3.88. The molecule has 0 radical (unpaired) electrons. The molecule has 1 atom stereocenters. The Morgan fingerprint density at radius 2 is 2.38 bits per heavy atom. The smallest absolute Gasteiger partial charge is 0.00464 e. The summed E-state index contributed by atoms with van der Waals surface area (Å²) in [7, 11) is 1.97. The molecule has 0 heterocycles. The Kier molecular flexibility index (Phi) is 4.67. The van der Waals surface area contributed by atoms with Crippen molar-refractivity contribution in [1.82, 2.24) is 5.32 Å². The molecule has 1 heteroatoms. The minimum atomic E-state index is 0.655. The molecule has 1 nitrogen and oxygen atoms in total. The summed E-state index contributed by atoms with van der Waals surface area (Å²) < 4.78 is 0. The molecule has 0 aromatic heterocycles. The molecular formula is C7H15N. The minimum absolute atomic E-state index is 0.655. The quantitative estimate of drug-likeness (QED) is 0.544. The molecule has 0 saturated heterocycles. The van der Waals surface area contributed by atoms with Crippen LogP contribution in [-0.2, 0) is 0 Å². The number of rotatable bonds is 4. The average Bonchev–Trinajstić information content (AvgIpc) is 1.83. The Hall–Kier alpha value is -0.300. The fourth-order valence-electron chi connectivity index (χ4n) is 0.490. The molecule has 0 rings (SSSR count). The lowest BCUT2D eigenvalue weighted by molar-refractivity contribution is 0.612. The van der Waals surface area contributed by atoms with Crippen molar-refractivity contribution in [3.05, 3.63) is 12.7 Å². The summed E-state index contributed by atoms with van der Waals surface area (Å²) in [4.78, 5) is 0. The monoisotopic (exact) mass is 113 g/mol. The molecule has 48 valence electrons. The lowest BCUT2D eigenvalue weighted by atomic mass is 10.1. The Labute approximate surface area is 51.8 Å². The fraction of sp³-hybridized carbons (Fsp3) is 0.714. The molecule has 0 aliphatic carbocycles. The van der Waals surface area contributed by atoms with Crippen molar-refractivity contribution in [2.75, 3.05) is 13.6 Å². The van der Waals surface area contributed by atoms with Crippen LogP contribution in [-0.4, -0.2) is 13.6 Å². The van der Waals surface area contributed by atoms with Crippen molar-refractivity contribution < 1.29 is 0 Å². The summed E-state index contributed by atoms with van der Waals surface area (Å²) in [5.74, 6) is 0.655. The lowest BCUT2D eigenvalue weighted by Crippen LogP contribution is -2.10. The molecule has 8 heavy (non-hydrogen) atoms. The van der Waals surface area contributed by atoms with Crippen molar-refractivity contribution >= 4 is 0 Å². The van der Waals surface area contributed by atoms with Crippen LogP contribution in [0.4, 0.5) is 0 Å². The molecule has 0 saturated carbocycles. The molecule has 0 fully saturated rings. The SMILES string of the molecule is C=CC(C)CCNC. The maximum Gasteiger partial charge on any atom is -0.00464 e. The highest BCUT2D eigenvalue weighted by Gasteiger charge is 1.91. The number of allylic oxidation sites excluding steroid dienone is 1. The topological polar surface area (TPSA) is 12.0 Å². The van der Waals surface area contributed by atoms with Gasteiger partial charge in [0.05, 0.1) is 0 Å². The van der Waals surface area contributed by atoms with Gasteiger partial charge in [-0.25, -0.2) is 0 Å². The van der Waals surface area contributed by atoms with Gasteiger partial charge in [0.25, 0.3) is 0 Å². The Morgan fingerprint density at radius 1 is 1.75 bits per heavy atom. The van der Waals surface area contributed by atoms with Crippen LogP contribution in [0.25, 0.3) is 0 Å². The van der Waals surface area contributed by atoms with Gasteiger partial charge in [0.2, 0.25) is 0 Å². The van der Waals surface area contributed by atoms with E-state index in [1.165, 1.54) is 6.42 Å². The molecule has 1 N–H and O–H groups in total. The predicted molar refractivity (Wildman–Crippen MR) is 37.9 cm³/mol. The Balaban J connectivity index is 2.98. The molecule has 0 spiro atoms. The summed E-state index contributed by atoms with van der Waals surface area (Å²) in [6.07, 6.45) is 3.18. The maximum absolute atomic E-state index is 3.69. The molecule has 0 aliphatic heterocycles. The molecular weight excluding hydrogens is 98.1 g/mol. The number of hydrogen-bond donors (Lipinski definition) is 1. The number of nitrogens with one attached hydrogen (secondary N) is 1. The van der Waals surface area contributed by atoms with Crippen LogP contribution in [0.1, 0.15) is 13.3 Å².